The van der Waals surface area contributed by atoms with Crippen molar-refractivity contribution in [3.8, 4) is 0 Å². The highest BCUT2D eigenvalue weighted by atomic mass is 32.2. The van der Waals surface area contributed by atoms with Crippen molar-refractivity contribution in [1.29, 1.82) is 0 Å². The van der Waals surface area contributed by atoms with Gasteiger partial charge in [-0.25, -0.2) is 4.79 Å². The fourth-order valence-corrected chi connectivity index (χ4v) is 2.60. The summed E-state index contributed by atoms with van der Waals surface area (Å²) in [5, 5.41) is 25.5. The van der Waals surface area contributed by atoms with Crippen LogP contribution in [-0.4, -0.2) is 82.1 Å². The fourth-order valence-electron chi connectivity index (χ4n) is 2.11. The van der Waals surface area contributed by atoms with Gasteiger partial charge in [-0.3, -0.25) is 19.2 Å². The van der Waals surface area contributed by atoms with E-state index in [1.807, 2.05) is 6.26 Å². The summed E-state index contributed by atoms with van der Waals surface area (Å²) in [5.74, 6) is -4.15. The molecule has 13 heteroatoms. The third-order valence-corrected chi connectivity index (χ3v) is 4.45. The third kappa shape index (κ3) is 10.1. The average Bonchev–Trinajstić information content (AvgIpc) is 2.62. The smallest absolute Gasteiger partial charge is 0.326 e. The first kappa shape index (κ1) is 26.6. The predicted octanol–water partition coefficient (Wildman–Crippen LogP) is -3.12. The number of nitrogens with one attached hydrogen (secondary N) is 3. The maximum absolute atomic E-state index is 12.4. The second kappa shape index (κ2) is 13.0. The maximum atomic E-state index is 12.4. The molecule has 0 bridgehead atoms. The lowest BCUT2D eigenvalue weighted by Crippen LogP contribution is -2.59. The summed E-state index contributed by atoms with van der Waals surface area (Å²) >= 11 is 1.50. The Morgan fingerprint density at radius 3 is 2.03 bits per heavy atom. The molecule has 12 nitrogen and oxygen atoms in total. The number of hydrogen-bond acceptors (Lipinski definition) is 8. The van der Waals surface area contributed by atoms with Crippen LogP contribution in [0, 0.1) is 0 Å². The molecule has 0 aromatic carbocycles. The molecule has 0 aliphatic heterocycles. The van der Waals surface area contributed by atoms with Gasteiger partial charge in [0.05, 0.1) is 18.6 Å². The SMILES string of the molecule is CSCCC(N)C(=O)NC(C(=O)NC(C)C(=O)NC(CC(N)=O)C(=O)O)C(C)O. The Hall–Kier alpha value is -2.38. The quantitative estimate of drug-likeness (QED) is 0.155. The molecule has 0 rings (SSSR count). The molecule has 5 unspecified atom stereocenters. The summed E-state index contributed by atoms with van der Waals surface area (Å²) in [6.07, 6.45) is 0.309. The molecule has 4 amide bonds. The zero-order chi connectivity index (χ0) is 22.7. The first-order chi connectivity index (χ1) is 13.4. The first-order valence-corrected chi connectivity index (χ1v) is 10.1. The van der Waals surface area contributed by atoms with Crippen molar-refractivity contribution < 1.29 is 34.2 Å². The highest BCUT2D eigenvalue weighted by molar-refractivity contribution is 7.98. The Morgan fingerprint density at radius 1 is 1.00 bits per heavy atom. The topological polar surface area (TPSA) is 214 Å². The van der Waals surface area contributed by atoms with E-state index in [1.165, 1.54) is 25.6 Å². The van der Waals surface area contributed by atoms with Gasteiger partial charge in [0.2, 0.25) is 23.6 Å². The van der Waals surface area contributed by atoms with Gasteiger partial charge in [-0.1, -0.05) is 0 Å². The molecular weight excluding hydrogens is 406 g/mol. The van der Waals surface area contributed by atoms with Crippen molar-refractivity contribution >= 4 is 41.4 Å². The number of carboxylic acid groups (broad SMARTS) is 1. The molecule has 0 saturated carbocycles. The summed E-state index contributed by atoms with van der Waals surface area (Å²) < 4.78 is 0. The number of aliphatic carboxylic acids is 1. The van der Waals surface area contributed by atoms with E-state index >= 15 is 0 Å². The van der Waals surface area contributed by atoms with Crippen LogP contribution < -0.4 is 27.4 Å². The lowest BCUT2D eigenvalue weighted by Gasteiger charge is -2.25. The van der Waals surface area contributed by atoms with Crippen molar-refractivity contribution in [3.63, 3.8) is 0 Å². The summed E-state index contributed by atoms with van der Waals surface area (Å²) in [6.45, 7) is 2.54. The zero-order valence-corrected chi connectivity index (χ0v) is 17.3. The number of primary amides is 1. The normalized spacial score (nSPS) is 15.9. The van der Waals surface area contributed by atoms with Crippen LogP contribution in [0.15, 0.2) is 0 Å². The van der Waals surface area contributed by atoms with Gasteiger partial charge in [-0.2, -0.15) is 11.8 Å². The Balaban J connectivity index is 4.95. The number of carbonyl (C=O) groups excluding carboxylic acids is 4. The average molecular weight is 436 g/mol. The molecular formula is C16H29N5O7S. The summed E-state index contributed by atoms with van der Waals surface area (Å²) in [6, 6.07) is -5.03. The lowest BCUT2D eigenvalue weighted by molar-refractivity contribution is -0.143. The zero-order valence-electron chi connectivity index (χ0n) is 16.5. The molecule has 5 atom stereocenters. The number of carbonyl (C=O) groups is 5. The Morgan fingerprint density at radius 2 is 1.59 bits per heavy atom. The molecule has 0 aromatic rings. The van der Waals surface area contributed by atoms with Crippen molar-refractivity contribution in [1.82, 2.24) is 16.0 Å². The van der Waals surface area contributed by atoms with Gasteiger partial charge in [0.25, 0.3) is 0 Å². The van der Waals surface area contributed by atoms with Crippen LogP contribution in [0.3, 0.4) is 0 Å². The minimum absolute atomic E-state index is 0.371. The first-order valence-electron chi connectivity index (χ1n) is 8.75. The molecule has 0 spiro atoms. The molecule has 0 heterocycles. The minimum atomic E-state index is -1.55. The standard InChI is InChI=1S/C16H29N5O7S/c1-7(13(24)20-10(16(27)28)6-11(18)23)19-15(26)12(8(2)22)21-14(25)9(17)4-5-29-3/h7-10,12,22H,4-6,17H2,1-3H3,(H2,18,23)(H,19,26)(H,20,24)(H,21,25)(H,27,28). The van der Waals surface area contributed by atoms with Gasteiger partial charge in [-0.15, -0.1) is 0 Å². The highest BCUT2D eigenvalue weighted by Gasteiger charge is 2.31. The Labute approximate surface area is 172 Å². The van der Waals surface area contributed by atoms with Gasteiger partial charge in [0.15, 0.2) is 0 Å². The lowest BCUT2D eigenvalue weighted by atomic mass is 10.1. The number of rotatable bonds is 13. The van der Waals surface area contributed by atoms with Crippen LogP contribution in [0.2, 0.25) is 0 Å². The van der Waals surface area contributed by atoms with Crippen LogP contribution in [0.25, 0.3) is 0 Å². The van der Waals surface area contributed by atoms with Crippen LogP contribution in [-0.2, 0) is 24.0 Å². The summed E-state index contributed by atoms with van der Waals surface area (Å²) in [7, 11) is 0. The van der Waals surface area contributed by atoms with Crippen LogP contribution >= 0.6 is 11.8 Å². The van der Waals surface area contributed by atoms with Crippen LogP contribution in [0.5, 0.6) is 0 Å². The minimum Gasteiger partial charge on any atom is -0.480 e. The summed E-state index contributed by atoms with van der Waals surface area (Å²) in [5.41, 5.74) is 10.7. The van der Waals surface area contributed by atoms with E-state index in [1.54, 1.807) is 0 Å². The van der Waals surface area contributed by atoms with Gasteiger partial charge in [0, 0.05) is 0 Å². The highest BCUT2D eigenvalue weighted by Crippen LogP contribution is 2.02. The van der Waals surface area contributed by atoms with Crippen molar-refractivity contribution in [2.45, 2.75) is 57.0 Å². The van der Waals surface area contributed by atoms with Crippen molar-refractivity contribution in [2.75, 3.05) is 12.0 Å². The number of hydrogen-bond donors (Lipinski definition) is 7. The molecule has 0 radical (unpaired) electrons. The number of aliphatic hydroxyl groups excluding tert-OH is 1. The van der Waals surface area contributed by atoms with Crippen molar-refractivity contribution in [2.24, 2.45) is 11.5 Å². The summed E-state index contributed by atoms with van der Waals surface area (Å²) in [4.78, 5) is 58.5. The number of aliphatic hydroxyl groups is 1. The monoisotopic (exact) mass is 435 g/mol. The molecule has 29 heavy (non-hydrogen) atoms. The van der Waals surface area contributed by atoms with E-state index < -0.39 is 66.3 Å². The molecule has 0 aliphatic carbocycles. The number of carboxylic acids is 1. The van der Waals surface area contributed by atoms with Crippen LogP contribution in [0.4, 0.5) is 0 Å². The largest absolute Gasteiger partial charge is 0.480 e. The van der Waals surface area contributed by atoms with Gasteiger partial charge in [0.1, 0.15) is 18.1 Å². The van der Waals surface area contributed by atoms with Gasteiger partial charge in [-0.05, 0) is 32.3 Å². The van der Waals surface area contributed by atoms with E-state index in [4.69, 9.17) is 16.6 Å². The van der Waals surface area contributed by atoms with E-state index in [0.29, 0.717) is 12.2 Å². The number of amides is 4. The predicted molar refractivity (Wildman–Crippen MR) is 106 cm³/mol. The van der Waals surface area contributed by atoms with Gasteiger partial charge >= 0.3 is 5.97 Å². The Bertz CT molecular complexity index is 616. The molecule has 0 aromatic heterocycles. The van der Waals surface area contributed by atoms with E-state index in [2.05, 4.69) is 16.0 Å². The van der Waals surface area contributed by atoms with Gasteiger partial charge < -0.3 is 37.6 Å². The van der Waals surface area contributed by atoms with E-state index in [0.717, 1.165) is 0 Å². The van der Waals surface area contributed by atoms with E-state index in [9.17, 15) is 29.1 Å². The number of nitrogens with two attached hydrogens (primary N) is 2. The van der Waals surface area contributed by atoms with Crippen molar-refractivity contribution in [3.05, 3.63) is 0 Å². The second-order valence-electron chi connectivity index (χ2n) is 6.41. The molecule has 0 aliphatic rings. The third-order valence-electron chi connectivity index (χ3n) is 3.80. The fraction of sp³-hybridized carbons (Fsp3) is 0.688. The molecule has 0 saturated heterocycles. The molecule has 0 fully saturated rings. The Kier molecular flexibility index (Phi) is 11.9. The second-order valence-corrected chi connectivity index (χ2v) is 7.40. The maximum Gasteiger partial charge on any atom is 0.326 e. The van der Waals surface area contributed by atoms with E-state index in [-0.39, 0.29) is 0 Å². The number of thioether (sulfide) groups is 1. The molecule has 166 valence electrons. The molecule has 9 N–H and O–H groups in total. The van der Waals surface area contributed by atoms with Crippen LogP contribution in [0.1, 0.15) is 26.7 Å².